The Morgan fingerprint density at radius 3 is 2.14 bits per heavy atom. The van der Waals surface area contributed by atoms with Gasteiger partial charge in [-0.15, -0.1) is 0 Å². The monoisotopic (exact) mass is 313 g/mol. The van der Waals surface area contributed by atoms with Crippen molar-refractivity contribution in [2.24, 2.45) is 5.73 Å². The van der Waals surface area contributed by atoms with E-state index < -0.39 is 11.6 Å². The first-order valence-electron chi connectivity index (χ1n) is 7.01. The first-order valence-corrected chi connectivity index (χ1v) is 7.42. The number of thiocarbonyl (C=S) groups is 1. The predicted molar refractivity (Wildman–Crippen MR) is 84.1 cm³/mol. The Morgan fingerprint density at radius 1 is 1.14 bits per heavy atom. The molecule has 0 saturated carbocycles. The Labute approximate surface area is 129 Å². The lowest BCUT2D eigenvalue weighted by Gasteiger charge is -2.43. The van der Waals surface area contributed by atoms with Gasteiger partial charge in [-0.2, -0.15) is 0 Å². The molecule has 1 fully saturated rings. The zero-order valence-electron chi connectivity index (χ0n) is 12.4. The fraction of sp³-hybridized carbons (Fsp3) is 0.533. The summed E-state index contributed by atoms with van der Waals surface area (Å²) in [6.07, 6.45) is 0. The number of rotatable bonds is 4. The van der Waals surface area contributed by atoms with Crippen LogP contribution in [0, 0.1) is 11.6 Å². The standard InChI is InChI=1S/C15H21F2N3S/c1-15(2,14(18)21)20-5-3-19(4-6-20)10-11-7-12(16)9-13(17)8-11/h7-9H,3-6,10H2,1-2H3,(H2,18,21). The molecule has 0 spiro atoms. The van der Waals surface area contributed by atoms with Crippen LogP contribution in [-0.4, -0.2) is 46.5 Å². The quantitative estimate of drug-likeness (QED) is 0.864. The summed E-state index contributed by atoms with van der Waals surface area (Å²) in [6, 6.07) is 3.66. The van der Waals surface area contributed by atoms with Crippen molar-refractivity contribution >= 4 is 17.2 Å². The Kier molecular flexibility index (Phi) is 4.91. The zero-order chi connectivity index (χ0) is 15.6. The van der Waals surface area contributed by atoms with E-state index >= 15 is 0 Å². The fourth-order valence-electron chi connectivity index (χ4n) is 2.58. The molecular formula is C15H21F2N3S. The molecule has 1 saturated heterocycles. The van der Waals surface area contributed by atoms with Gasteiger partial charge in [0.2, 0.25) is 0 Å². The molecule has 1 heterocycles. The van der Waals surface area contributed by atoms with E-state index in [1.165, 1.54) is 12.1 Å². The van der Waals surface area contributed by atoms with Crippen molar-refractivity contribution in [2.45, 2.75) is 25.9 Å². The molecule has 0 unspecified atom stereocenters. The molecular weight excluding hydrogens is 292 g/mol. The molecule has 1 aromatic rings. The van der Waals surface area contributed by atoms with Gasteiger partial charge in [0, 0.05) is 38.8 Å². The number of hydrogen-bond acceptors (Lipinski definition) is 3. The van der Waals surface area contributed by atoms with Crippen molar-refractivity contribution in [3.05, 3.63) is 35.4 Å². The maximum Gasteiger partial charge on any atom is 0.126 e. The SMILES string of the molecule is CC(C)(C(N)=S)N1CCN(Cc2cc(F)cc(F)c2)CC1. The lowest BCUT2D eigenvalue weighted by atomic mass is 10.0. The molecule has 0 amide bonds. The Balaban J connectivity index is 1.94. The van der Waals surface area contributed by atoms with E-state index in [1.807, 2.05) is 13.8 Å². The number of halogens is 2. The van der Waals surface area contributed by atoms with Crippen LogP contribution >= 0.6 is 12.2 Å². The summed E-state index contributed by atoms with van der Waals surface area (Å²) in [5.41, 5.74) is 6.15. The molecule has 2 rings (SSSR count). The Hall–Kier alpha value is -1.11. The third-order valence-corrected chi connectivity index (χ3v) is 4.59. The van der Waals surface area contributed by atoms with Gasteiger partial charge in [-0.1, -0.05) is 12.2 Å². The van der Waals surface area contributed by atoms with Crippen molar-refractivity contribution in [3.63, 3.8) is 0 Å². The highest BCUT2D eigenvalue weighted by Crippen LogP contribution is 2.19. The molecule has 0 radical (unpaired) electrons. The highest BCUT2D eigenvalue weighted by atomic mass is 32.1. The number of hydrogen-bond donors (Lipinski definition) is 1. The van der Waals surface area contributed by atoms with Crippen molar-refractivity contribution < 1.29 is 8.78 Å². The van der Waals surface area contributed by atoms with Crippen LogP contribution in [0.25, 0.3) is 0 Å². The van der Waals surface area contributed by atoms with Gasteiger partial charge in [-0.3, -0.25) is 9.80 Å². The molecule has 2 N–H and O–H groups in total. The molecule has 1 aromatic carbocycles. The van der Waals surface area contributed by atoms with Crippen LogP contribution in [0.5, 0.6) is 0 Å². The van der Waals surface area contributed by atoms with Gasteiger partial charge < -0.3 is 5.73 Å². The molecule has 1 aliphatic rings. The van der Waals surface area contributed by atoms with Crippen LogP contribution < -0.4 is 5.73 Å². The predicted octanol–water partition coefficient (Wildman–Crippen LogP) is 2.15. The van der Waals surface area contributed by atoms with Gasteiger partial charge in [0.05, 0.1) is 10.5 Å². The highest BCUT2D eigenvalue weighted by Gasteiger charge is 2.32. The van der Waals surface area contributed by atoms with Gasteiger partial charge in [0.1, 0.15) is 11.6 Å². The lowest BCUT2D eigenvalue weighted by Crippen LogP contribution is -2.59. The van der Waals surface area contributed by atoms with Crippen LogP contribution in [0.2, 0.25) is 0 Å². The molecule has 0 aromatic heterocycles. The third-order valence-electron chi connectivity index (χ3n) is 4.09. The maximum atomic E-state index is 13.2. The third kappa shape index (κ3) is 3.96. The number of piperazine rings is 1. The maximum absolute atomic E-state index is 13.2. The van der Waals surface area contributed by atoms with Gasteiger partial charge in [-0.25, -0.2) is 8.78 Å². The summed E-state index contributed by atoms with van der Waals surface area (Å²) in [6.45, 7) is 7.91. The first-order chi connectivity index (χ1) is 9.79. The normalized spacial score (nSPS) is 17.9. The van der Waals surface area contributed by atoms with E-state index in [2.05, 4.69) is 9.80 Å². The Morgan fingerprint density at radius 2 is 1.67 bits per heavy atom. The second kappa shape index (κ2) is 6.34. The van der Waals surface area contributed by atoms with Crippen LogP contribution in [0.1, 0.15) is 19.4 Å². The number of nitrogens with zero attached hydrogens (tertiary/aromatic N) is 2. The van der Waals surface area contributed by atoms with Crippen LogP contribution in [-0.2, 0) is 6.54 Å². The number of benzene rings is 1. The van der Waals surface area contributed by atoms with Crippen LogP contribution in [0.4, 0.5) is 8.78 Å². The van der Waals surface area contributed by atoms with E-state index in [-0.39, 0.29) is 5.54 Å². The van der Waals surface area contributed by atoms with E-state index in [0.717, 1.165) is 32.2 Å². The fourth-order valence-corrected chi connectivity index (χ4v) is 2.71. The van der Waals surface area contributed by atoms with Crippen LogP contribution in [0.3, 0.4) is 0 Å². The average molecular weight is 313 g/mol. The molecule has 21 heavy (non-hydrogen) atoms. The molecule has 0 bridgehead atoms. The van der Waals surface area contributed by atoms with Crippen molar-refractivity contribution in [2.75, 3.05) is 26.2 Å². The molecule has 3 nitrogen and oxygen atoms in total. The zero-order valence-corrected chi connectivity index (χ0v) is 13.2. The molecule has 116 valence electrons. The summed E-state index contributed by atoms with van der Waals surface area (Å²) < 4.78 is 26.4. The van der Waals surface area contributed by atoms with Gasteiger partial charge >= 0.3 is 0 Å². The molecule has 6 heteroatoms. The average Bonchev–Trinajstić information content (AvgIpc) is 2.37. The van der Waals surface area contributed by atoms with Crippen LogP contribution in [0.15, 0.2) is 18.2 Å². The molecule has 0 aliphatic carbocycles. The molecule has 0 atom stereocenters. The van der Waals surface area contributed by atoms with Gasteiger partial charge in [-0.05, 0) is 31.5 Å². The largest absolute Gasteiger partial charge is 0.392 e. The summed E-state index contributed by atoms with van der Waals surface area (Å²) in [5.74, 6) is -1.06. The van der Waals surface area contributed by atoms with Crippen molar-refractivity contribution in [1.29, 1.82) is 0 Å². The summed E-state index contributed by atoms with van der Waals surface area (Å²) in [4.78, 5) is 4.92. The number of nitrogens with two attached hydrogens (primary N) is 1. The topological polar surface area (TPSA) is 32.5 Å². The smallest absolute Gasteiger partial charge is 0.126 e. The van der Waals surface area contributed by atoms with E-state index in [1.54, 1.807) is 0 Å². The lowest BCUT2D eigenvalue weighted by molar-refractivity contribution is 0.0820. The summed E-state index contributed by atoms with van der Waals surface area (Å²) in [7, 11) is 0. The first kappa shape index (κ1) is 16.3. The summed E-state index contributed by atoms with van der Waals surface area (Å²) in [5, 5.41) is 0. The highest BCUT2D eigenvalue weighted by molar-refractivity contribution is 7.80. The minimum absolute atomic E-state index is 0.299. The van der Waals surface area contributed by atoms with E-state index in [0.29, 0.717) is 17.1 Å². The van der Waals surface area contributed by atoms with Crippen molar-refractivity contribution in [3.8, 4) is 0 Å². The van der Waals surface area contributed by atoms with Crippen molar-refractivity contribution in [1.82, 2.24) is 9.80 Å². The second-order valence-electron chi connectivity index (χ2n) is 5.96. The second-order valence-corrected chi connectivity index (χ2v) is 6.40. The minimum atomic E-state index is -0.529. The van der Waals surface area contributed by atoms with E-state index in [9.17, 15) is 8.78 Å². The Bertz CT molecular complexity index is 505. The molecule has 1 aliphatic heterocycles. The minimum Gasteiger partial charge on any atom is -0.392 e. The van der Waals surface area contributed by atoms with Gasteiger partial charge in [0.15, 0.2) is 0 Å². The van der Waals surface area contributed by atoms with Gasteiger partial charge in [0.25, 0.3) is 0 Å². The van der Waals surface area contributed by atoms with E-state index in [4.69, 9.17) is 18.0 Å². The summed E-state index contributed by atoms with van der Waals surface area (Å²) >= 11 is 5.11.